The van der Waals surface area contributed by atoms with Gasteiger partial charge in [0.2, 0.25) is 0 Å². The van der Waals surface area contributed by atoms with E-state index in [1.165, 1.54) is 66.9 Å². The third-order valence-corrected chi connectivity index (χ3v) is 15.4. The lowest BCUT2D eigenvalue weighted by molar-refractivity contribution is 0.614. The van der Waals surface area contributed by atoms with Crippen LogP contribution in [0, 0.1) is 0 Å². The van der Waals surface area contributed by atoms with E-state index in [0.29, 0.717) is 0 Å². The fourth-order valence-electron chi connectivity index (χ4n) is 11.8. The summed E-state index contributed by atoms with van der Waals surface area (Å²) in [5, 5.41) is 4.71. The smallest absolute Gasteiger partial charge is 0.0560 e. The highest BCUT2D eigenvalue weighted by Gasteiger charge is 2.39. The average molecular weight is 901 g/mol. The molecule has 1 unspecified atom stereocenters. The normalized spacial score (nSPS) is 17.7. The molecule has 0 bridgehead atoms. The highest BCUT2D eigenvalue weighted by Crippen LogP contribution is 2.52. The van der Waals surface area contributed by atoms with Gasteiger partial charge in [-0.25, -0.2) is 0 Å². The molecule has 9 aromatic carbocycles. The lowest BCUT2D eigenvalue weighted by Gasteiger charge is -2.44. The van der Waals surface area contributed by atoms with Gasteiger partial charge < -0.3 is 9.80 Å². The molecule has 70 heavy (non-hydrogen) atoms. The minimum atomic E-state index is -0.177. The summed E-state index contributed by atoms with van der Waals surface area (Å²) in [6.07, 6.45) is 10.5. The number of fused-ring (bicyclic) bond motifs is 6. The Morgan fingerprint density at radius 3 is 1.69 bits per heavy atom. The third-order valence-electron chi connectivity index (χ3n) is 15.4. The molecule has 0 N–H and O–H groups in total. The van der Waals surface area contributed by atoms with E-state index in [2.05, 4.69) is 274 Å². The summed E-state index contributed by atoms with van der Waals surface area (Å²) < 4.78 is 0. The van der Waals surface area contributed by atoms with Crippen LogP contribution in [-0.2, 0) is 10.8 Å². The Hall–Kier alpha value is -8.20. The van der Waals surface area contributed by atoms with Crippen LogP contribution in [0.15, 0.2) is 243 Å². The number of hydrogen-bond donors (Lipinski definition) is 0. The van der Waals surface area contributed by atoms with Crippen molar-refractivity contribution in [3.8, 4) is 11.1 Å². The van der Waals surface area contributed by atoms with Crippen molar-refractivity contribution in [2.24, 2.45) is 0 Å². The van der Waals surface area contributed by atoms with Gasteiger partial charge in [0, 0.05) is 27.9 Å². The number of hydrogen-bond acceptors (Lipinski definition) is 2. The Balaban J connectivity index is 1.18. The molecular weight excluding hydrogens is 845 g/mol. The topological polar surface area (TPSA) is 6.48 Å². The predicted molar refractivity (Wildman–Crippen MR) is 297 cm³/mol. The number of nitrogens with zero attached hydrogens (tertiary/aromatic N) is 2. The summed E-state index contributed by atoms with van der Waals surface area (Å²) in [4.78, 5) is 5.07. The van der Waals surface area contributed by atoms with Gasteiger partial charge in [-0.05, 0) is 125 Å². The zero-order chi connectivity index (χ0) is 47.6. The van der Waals surface area contributed by atoms with Gasteiger partial charge >= 0.3 is 0 Å². The van der Waals surface area contributed by atoms with Gasteiger partial charge in [0.15, 0.2) is 0 Å². The third kappa shape index (κ3) is 7.01. The van der Waals surface area contributed by atoms with Crippen molar-refractivity contribution in [3.63, 3.8) is 0 Å². The summed E-state index contributed by atoms with van der Waals surface area (Å²) in [6, 6.07) is 78.1. The molecule has 0 aromatic heterocycles. The Morgan fingerprint density at radius 1 is 0.486 bits per heavy atom. The van der Waals surface area contributed by atoms with Crippen LogP contribution in [0.2, 0.25) is 0 Å². The van der Waals surface area contributed by atoms with Crippen LogP contribution in [0.4, 0.5) is 28.4 Å². The van der Waals surface area contributed by atoms with E-state index in [-0.39, 0.29) is 16.9 Å². The van der Waals surface area contributed by atoms with E-state index in [1.807, 2.05) is 0 Å². The van der Waals surface area contributed by atoms with Gasteiger partial charge in [0.1, 0.15) is 0 Å². The molecule has 12 rings (SSSR count). The molecule has 2 heterocycles. The maximum Gasteiger partial charge on any atom is 0.0560 e. The summed E-state index contributed by atoms with van der Waals surface area (Å²) in [6.45, 7) is 14.5. The molecule has 2 heteroatoms. The first-order valence-corrected chi connectivity index (χ1v) is 24.7. The number of benzene rings is 9. The summed E-state index contributed by atoms with van der Waals surface area (Å²) >= 11 is 0. The fraction of sp³-hybridized carbons (Fsp3) is 0.118. The van der Waals surface area contributed by atoms with Gasteiger partial charge in [-0.1, -0.05) is 235 Å². The molecule has 0 amide bonds. The molecule has 9 aromatic rings. The first-order valence-electron chi connectivity index (χ1n) is 24.7. The highest BCUT2D eigenvalue weighted by molar-refractivity contribution is 6.05. The summed E-state index contributed by atoms with van der Waals surface area (Å²) in [5.41, 5.74) is 18.8. The number of anilines is 5. The van der Waals surface area contributed by atoms with Gasteiger partial charge in [-0.3, -0.25) is 0 Å². The van der Waals surface area contributed by atoms with Crippen molar-refractivity contribution in [2.45, 2.75) is 51.0 Å². The van der Waals surface area contributed by atoms with E-state index in [9.17, 15) is 0 Å². The first kappa shape index (κ1) is 43.1. The van der Waals surface area contributed by atoms with Crippen LogP contribution in [-0.4, -0.2) is 6.04 Å². The molecule has 0 radical (unpaired) electrons. The Kier molecular flexibility index (Phi) is 10.5. The van der Waals surface area contributed by atoms with Crippen molar-refractivity contribution < 1.29 is 0 Å². The van der Waals surface area contributed by atoms with Crippen LogP contribution in [0.1, 0.15) is 67.5 Å². The predicted octanol–water partition coefficient (Wildman–Crippen LogP) is 16.0. The van der Waals surface area contributed by atoms with Crippen LogP contribution < -0.4 is 20.2 Å². The standard InChI is InChI=1S/C68H56N2/c1-46(51-28-11-12-29-53(51)47-23-7-6-8-24-47)52-43-41-49(69-63-37-17-13-33-59(63)67(2,3)60-34-14-18-38-64(60)69)27-22-32-56(55-31-21-26-48-25-9-10-30-54(48)55)58-45-50(42-44-57(52)58)70-65-39-19-15-35-61(65)68(4,5)62-36-16-20-40-66(62)70/h6-26,28-45,49H,1,27H2,2-5H3/b32-22+,43-41?,57-52?,58-56+. The van der Waals surface area contributed by atoms with Gasteiger partial charge in [-0.2, -0.15) is 0 Å². The number of para-hydroxylation sites is 4. The molecule has 0 spiro atoms. The fourth-order valence-corrected chi connectivity index (χ4v) is 11.8. The SMILES string of the molecule is C=C(C1=c2ccc(N3c4ccccc4C(C)(C)c4ccccc43)c/c2=C(c2cccc3ccccc23)/C=C/CC(N2c3ccccc3C(C)(C)c3ccccc32)C=C1)c1ccccc1-c1ccccc1. The maximum atomic E-state index is 5.08. The lowest BCUT2D eigenvalue weighted by Crippen LogP contribution is -2.38. The van der Waals surface area contributed by atoms with E-state index >= 15 is 0 Å². The van der Waals surface area contributed by atoms with Crippen molar-refractivity contribution in [1.82, 2.24) is 0 Å². The van der Waals surface area contributed by atoms with Crippen LogP contribution >= 0.6 is 0 Å². The largest absolute Gasteiger partial charge is 0.334 e. The van der Waals surface area contributed by atoms with Gasteiger partial charge in [-0.15, -0.1) is 0 Å². The Bertz CT molecular complexity index is 3630. The van der Waals surface area contributed by atoms with Crippen molar-refractivity contribution in [3.05, 3.63) is 287 Å². The molecule has 0 saturated carbocycles. The molecule has 2 nitrogen and oxygen atoms in total. The second kappa shape index (κ2) is 17.1. The van der Waals surface area contributed by atoms with E-state index in [4.69, 9.17) is 6.58 Å². The molecule has 0 saturated heterocycles. The molecule has 0 fully saturated rings. The van der Waals surface area contributed by atoms with Crippen molar-refractivity contribution >= 4 is 55.9 Å². The molecular formula is C68H56N2. The van der Waals surface area contributed by atoms with Crippen LogP contribution in [0.3, 0.4) is 0 Å². The number of rotatable bonds is 6. The Morgan fingerprint density at radius 2 is 1.01 bits per heavy atom. The molecule has 2 aliphatic heterocycles. The maximum absolute atomic E-state index is 5.08. The van der Waals surface area contributed by atoms with Crippen molar-refractivity contribution in [2.75, 3.05) is 9.80 Å². The highest BCUT2D eigenvalue weighted by atomic mass is 15.2. The summed E-state index contributed by atoms with van der Waals surface area (Å²) in [5.74, 6) is 0. The zero-order valence-corrected chi connectivity index (χ0v) is 40.4. The van der Waals surface area contributed by atoms with E-state index in [1.54, 1.807) is 0 Å². The van der Waals surface area contributed by atoms with Crippen LogP contribution in [0.5, 0.6) is 0 Å². The van der Waals surface area contributed by atoms with Crippen LogP contribution in [0.25, 0.3) is 38.6 Å². The van der Waals surface area contributed by atoms with Crippen molar-refractivity contribution in [1.29, 1.82) is 0 Å². The van der Waals surface area contributed by atoms with E-state index in [0.717, 1.165) is 50.4 Å². The molecule has 1 atom stereocenters. The monoisotopic (exact) mass is 900 g/mol. The zero-order valence-electron chi connectivity index (χ0n) is 40.4. The van der Waals surface area contributed by atoms with Gasteiger partial charge in [0.25, 0.3) is 0 Å². The van der Waals surface area contributed by atoms with E-state index < -0.39 is 0 Å². The molecule has 338 valence electrons. The Labute approximate surface area is 412 Å². The second-order valence-electron chi connectivity index (χ2n) is 20.1. The summed E-state index contributed by atoms with van der Waals surface area (Å²) in [7, 11) is 0. The van der Waals surface area contributed by atoms with Gasteiger partial charge in [0.05, 0.1) is 17.4 Å². The molecule has 3 aliphatic rings. The average Bonchev–Trinajstić information content (AvgIpc) is 3.40. The lowest BCUT2D eigenvalue weighted by atomic mass is 9.73. The minimum Gasteiger partial charge on any atom is -0.334 e. The quantitative estimate of drug-likeness (QED) is 0.164. The first-order chi connectivity index (χ1) is 34.2. The second-order valence-corrected chi connectivity index (χ2v) is 20.1. The number of allylic oxidation sites excluding steroid dienone is 3. The minimum absolute atomic E-state index is 0.0267. The molecule has 1 aliphatic carbocycles.